The van der Waals surface area contributed by atoms with Gasteiger partial charge in [0.2, 0.25) is 11.1 Å². The van der Waals surface area contributed by atoms with Crippen molar-refractivity contribution in [3.05, 3.63) is 64.2 Å². The molecule has 0 aliphatic carbocycles. The van der Waals surface area contributed by atoms with Gasteiger partial charge in [0.1, 0.15) is 0 Å². The average Bonchev–Trinajstić information content (AvgIpc) is 3.06. The number of nitro benzene ring substituents is 1. The van der Waals surface area contributed by atoms with Crippen LogP contribution in [0.25, 0.3) is 11.4 Å². The van der Waals surface area contributed by atoms with Gasteiger partial charge in [0, 0.05) is 30.4 Å². The zero-order valence-corrected chi connectivity index (χ0v) is 16.1. The van der Waals surface area contributed by atoms with E-state index in [0.29, 0.717) is 16.7 Å². The number of nitro groups is 1. The summed E-state index contributed by atoms with van der Waals surface area (Å²) in [5, 5.41) is 19.3. The molecular formula is C18H18N6O3S. The Morgan fingerprint density at radius 3 is 2.43 bits per heavy atom. The van der Waals surface area contributed by atoms with Gasteiger partial charge in [-0.1, -0.05) is 41.6 Å². The fourth-order valence-corrected chi connectivity index (χ4v) is 3.21. The lowest BCUT2D eigenvalue weighted by Crippen LogP contribution is -2.28. The number of carbonyl (C=O) groups excluding carboxylic acids is 1. The van der Waals surface area contributed by atoms with Crippen LogP contribution in [0.1, 0.15) is 5.56 Å². The summed E-state index contributed by atoms with van der Waals surface area (Å²) in [7, 11) is 1.61. The maximum atomic E-state index is 12.4. The molecule has 1 heterocycles. The van der Waals surface area contributed by atoms with Gasteiger partial charge in [0.25, 0.3) is 5.69 Å². The Balaban J connectivity index is 1.66. The van der Waals surface area contributed by atoms with Crippen LogP contribution < -0.4 is 10.7 Å². The molecule has 0 saturated carbocycles. The van der Waals surface area contributed by atoms with E-state index >= 15 is 0 Å². The molecule has 1 amide bonds. The number of nitrogens with zero attached hydrogens (tertiary/aromatic N) is 5. The van der Waals surface area contributed by atoms with Crippen molar-refractivity contribution in [3.63, 3.8) is 0 Å². The van der Waals surface area contributed by atoms with Crippen molar-refractivity contribution in [3.8, 4) is 11.4 Å². The lowest BCUT2D eigenvalue weighted by Gasteiger charge is -2.16. The first-order valence-corrected chi connectivity index (χ1v) is 9.26. The van der Waals surface area contributed by atoms with Crippen molar-refractivity contribution in [1.82, 2.24) is 14.9 Å². The van der Waals surface area contributed by atoms with Crippen molar-refractivity contribution in [2.75, 3.05) is 23.5 Å². The van der Waals surface area contributed by atoms with Crippen LogP contribution in [-0.4, -0.2) is 38.5 Å². The molecule has 144 valence electrons. The minimum absolute atomic E-state index is 0.0288. The predicted octanol–water partition coefficient (Wildman–Crippen LogP) is 2.63. The number of thioether (sulfide) groups is 1. The standard InChI is InChI=1S/C18H18N6O3S/c1-12-3-5-13(6-4-12)17-20-21-18(23(17)19)28-11-16(25)22(2)14-7-9-15(10-8-14)24(26)27/h3-10H,11,19H2,1-2H3. The molecule has 10 heteroatoms. The SMILES string of the molecule is Cc1ccc(-c2nnc(SCC(=O)N(C)c3ccc([N+](=O)[O-])cc3)n2N)cc1. The van der Waals surface area contributed by atoms with Crippen molar-refractivity contribution < 1.29 is 9.72 Å². The fraction of sp³-hybridized carbons (Fsp3) is 0.167. The Morgan fingerprint density at radius 2 is 1.82 bits per heavy atom. The molecule has 0 aliphatic heterocycles. The van der Waals surface area contributed by atoms with Crippen LogP contribution in [0.2, 0.25) is 0 Å². The molecule has 9 nitrogen and oxygen atoms in total. The minimum Gasteiger partial charge on any atom is -0.335 e. The second-order valence-electron chi connectivity index (χ2n) is 6.06. The van der Waals surface area contributed by atoms with E-state index in [9.17, 15) is 14.9 Å². The van der Waals surface area contributed by atoms with Gasteiger partial charge in [0.15, 0.2) is 5.82 Å². The summed E-state index contributed by atoms with van der Waals surface area (Å²) in [6.07, 6.45) is 0. The predicted molar refractivity (Wildman–Crippen MR) is 108 cm³/mol. The molecule has 0 saturated heterocycles. The maximum absolute atomic E-state index is 12.4. The summed E-state index contributed by atoms with van der Waals surface area (Å²) in [6, 6.07) is 13.5. The number of rotatable bonds is 6. The molecule has 0 radical (unpaired) electrons. The van der Waals surface area contributed by atoms with Crippen molar-refractivity contribution in [2.24, 2.45) is 0 Å². The third-order valence-corrected chi connectivity index (χ3v) is 5.05. The van der Waals surface area contributed by atoms with Gasteiger partial charge >= 0.3 is 0 Å². The van der Waals surface area contributed by atoms with E-state index in [1.165, 1.54) is 45.6 Å². The quantitative estimate of drug-likeness (QED) is 0.293. The van der Waals surface area contributed by atoms with Gasteiger partial charge in [-0.3, -0.25) is 14.9 Å². The zero-order valence-electron chi connectivity index (χ0n) is 15.3. The monoisotopic (exact) mass is 398 g/mol. The van der Waals surface area contributed by atoms with E-state index in [0.717, 1.165) is 11.1 Å². The molecular weight excluding hydrogens is 380 g/mol. The summed E-state index contributed by atoms with van der Waals surface area (Å²) < 4.78 is 1.36. The molecule has 28 heavy (non-hydrogen) atoms. The van der Waals surface area contributed by atoms with E-state index in [1.807, 2.05) is 31.2 Å². The Labute approximate surface area is 165 Å². The number of amides is 1. The highest BCUT2D eigenvalue weighted by atomic mass is 32.2. The van der Waals surface area contributed by atoms with Crippen molar-refractivity contribution >= 4 is 29.0 Å². The Hall–Kier alpha value is -3.40. The largest absolute Gasteiger partial charge is 0.335 e. The number of benzene rings is 2. The first-order chi connectivity index (χ1) is 13.4. The third-order valence-electron chi connectivity index (χ3n) is 4.12. The van der Waals surface area contributed by atoms with Crippen LogP contribution in [0.5, 0.6) is 0 Å². The zero-order chi connectivity index (χ0) is 20.3. The smallest absolute Gasteiger partial charge is 0.269 e. The minimum atomic E-state index is -0.485. The number of aromatic nitrogens is 3. The van der Waals surface area contributed by atoms with Crippen LogP contribution in [-0.2, 0) is 4.79 Å². The second-order valence-corrected chi connectivity index (χ2v) is 7.00. The molecule has 3 aromatic rings. The summed E-state index contributed by atoms with van der Waals surface area (Å²) in [5.74, 6) is 6.48. The highest BCUT2D eigenvalue weighted by Gasteiger charge is 2.17. The van der Waals surface area contributed by atoms with Crippen LogP contribution >= 0.6 is 11.8 Å². The summed E-state index contributed by atoms with van der Waals surface area (Å²) in [6.45, 7) is 1.99. The Morgan fingerprint density at radius 1 is 1.18 bits per heavy atom. The molecule has 2 N–H and O–H groups in total. The lowest BCUT2D eigenvalue weighted by atomic mass is 10.1. The second kappa shape index (κ2) is 8.09. The molecule has 0 aliphatic rings. The molecule has 0 unspecified atom stereocenters. The van der Waals surface area contributed by atoms with Gasteiger partial charge in [-0.2, -0.15) is 0 Å². The van der Waals surface area contributed by atoms with Gasteiger partial charge in [-0.05, 0) is 19.1 Å². The molecule has 0 spiro atoms. The van der Waals surface area contributed by atoms with Gasteiger partial charge in [-0.15, -0.1) is 10.2 Å². The summed E-state index contributed by atoms with van der Waals surface area (Å²) in [5.41, 5.74) is 2.49. The average molecular weight is 398 g/mol. The van der Waals surface area contributed by atoms with Gasteiger partial charge < -0.3 is 10.7 Å². The maximum Gasteiger partial charge on any atom is 0.269 e. The molecule has 2 aromatic carbocycles. The number of carbonyl (C=O) groups is 1. The topological polar surface area (TPSA) is 120 Å². The van der Waals surface area contributed by atoms with Gasteiger partial charge in [-0.25, -0.2) is 4.68 Å². The number of non-ortho nitro benzene ring substituents is 1. The highest BCUT2D eigenvalue weighted by Crippen LogP contribution is 2.23. The first kappa shape index (κ1) is 19.4. The van der Waals surface area contributed by atoms with Crippen LogP contribution in [0.4, 0.5) is 11.4 Å². The first-order valence-electron chi connectivity index (χ1n) is 8.28. The van der Waals surface area contributed by atoms with E-state index in [1.54, 1.807) is 7.05 Å². The lowest BCUT2D eigenvalue weighted by molar-refractivity contribution is -0.384. The fourth-order valence-electron chi connectivity index (χ4n) is 2.44. The van der Waals surface area contributed by atoms with E-state index in [4.69, 9.17) is 5.84 Å². The van der Waals surface area contributed by atoms with Crippen LogP contribution in [0.15, 0.2) is 53.7 Å². The number of nitrogen functional groups attached to an aromatic ring is 1. The molecule has 0 bridgehead atoms. The van der Waals surface area contributed by atoms with Gasteiger partial charge in [0.05, 0.1) is 10.7 Å². The molecule has 1 aromatic heterocycles. The Bertz CT molecular complexity index is 1000. The van der Waals surface area contributed by atoms with E-state index in [-0.39, 0.29) is 17.3 Å². The number of hydrogen-bond acceptors (Lipinski definition) is 7. The summed E-state index contributed by atoms with van der Waals surface area (Å²) in [4.78, 5) is 24.1. The van der Waals surface area contributed by atoms with E-state index in [2.05, 4.69) is 10.2 Å². The number of hydrogen-bond donors (Lipinski definition) is 1. The Kier molecular flexibility index (Phi) is 5.59. The van der Waals surface area contributed by atoms with E-state index < -0.39 is 4.92 Å². The molecule has 0 atom stereocenters. The van der Waals surface area contributed by atoms with Crippen LogP contribution in [0, 0.1) is 17.0 Å². The third kappa shape index (κ3) is 4.12. The summed E-state index contributed by atoms with van der Waals surface area (Å²) >= 11 is 1.17. The van der Waals surface area contributed by atoms with Crippen LogP contribution in [0.3, 0.4) is 0 Å². The normalized spacial score (nSPS) is 10.6. The molecule has 0 fully saturated rings. The van der Waals surface area contributed by atoms with Crippen molar-refractivity contribution in [1.29, 1.82) is 0 Å². The van der Waals surface area contributed by atoms with Crippen molar-refractivity contribution in [2.45, 2.75) is 12.1 Å². The molecule has 3 rings (SSSR count). The number of nitrogens with two attached hydrogens (primary N) is 1. The number of aryl methyl sites for hydroxylation is 1. The highest BCUT2D eigenvalue weighted by molar-refractivity contribution is 7.99. The number of anilines is 1.